The van der Waals surface area contributed by atoms with E-state index >= 15 is 0 Å². The van der Waals surface area contributed by atoms with Crippen LogP contribution < -0.4 is 5.32 Å². The van der Waals surface area contributed by atoms with E-state index in [1.807, 2.05) is 42.5 Å². The molecule has 0 radical (unpaired) electrons. The number of nitrogens with one attached hydrogen (secondary N) is 1. The molecular formula is C18H20ClNO. The lowest BCUT2D eigenvalue weighted by Crippen LogP contribution is -2.18. The van der Waals surface area contributed by atoms with Crippen LogP contribution in [0, 0.1) is 0 Å². The molecule has 1 amide bonds. The third kappa shape index (κ3) is 3.85. The van der Waals surface area contributed by atoms with Gasteiger partial charge in [0.25, 0.3) is 5.91 Å². The standard InChI is InChI=1S/C18H20ClNO/c1-18(2,3)15-9-4-5-10-16(15)20-17(21)14-8-6-7-13(11-14)12-19/h4-11H,12H2,1-3H3,(H,20,21). The van der Waals surface area contributed by atoms with Crippen LogP contribution in [0.2, 0.25) is 0 Å². The Bertz CT molecular complexity index is 644. The van der Waals surface area contributed by atoms with Gasteiger partial charge in [-0.3, -0.25) is 4.79 Å². The summed E-state index contributed by atoms with van der Waals surface area (Å²) in [5.41, 5.74) is 3.51. The van der Waals surface area contributed by atoms with E-state index in [1.165, 1.54) is 0 Å². The quantitative estimate of drug-likeness (QED) is 0.796. The van der Waals surface area contributed by atoms with E-state index in [0.29, 0.717) is 11.4 Å². The number of amides is 1. The topological polar surface area (TPSA) is 29.1 Å². The van der Waals surface area contributed by atoms with Gasteiger partial charge in [0.1, 0.15) is 0 Å². The molecule has 21 heavy (non-hydrogen) atoms. The molecule has 2 rings (SSSR count). The fourth-order valence-electron chi connectivity index (χ4n) is 2.24. The van der Waals surface area contributed by atoms with Gasteiger partial charge in [0.2, 0.25) is 0 Å². The van der Waals surface area contributed by atoms with E-state index in [0.717, 1.165) is 16.8 Å². The Kier molecular flexibility index (Phi) is 4.69. The molecular weight excluding hydrogens is 282 g/mol. The van der Waals surface area contributed by atoms with Gasteiger partial charge in [-0.15, -0.1) is 11.6 Å². The van der Waals surface area contributed by atoms with Crippen molar-refractivity contribution in [1.82, 2.24) is 0 Å². The van der Waals surface area contributed by atoms with Crippen LogP contribution in [0.25, 0.3) is 0 Å². The van der Waals surface area contributed by atoms with E-state index in [-0.39, 0.29) is 11.3 Å². The summed E-state index contributed by atoms with van der Waals surface area (Å²) in [6.45, 7) is 6.39. The second-order valence-corrected chi connectivity index (χ2v) is 6.35. The highest BCUT2D eigenvalue weighted by molar-refractivity contribution is 6.17. The summed E-state index contributed by atoms with van der Waals surface area (Å²) in [4.78, 5) is 12.4. The second-order valence-electron chi connectivity index (χ2n) is 6.08. The Hall–Kier alpha value is -1.80. The molecule has 0 aliphatic rings. The summed E-state index contributed by atoms with van der Waals surface area (Å²) < 4.78 is 0. The van der Waals surface area contributed by atoms with E-state index < -0.39 is 0 Å². The molecule has 0 fully saturated rings. The van der Waals surface area contributed by atoms with Crippen LogP contribution in [-0.2, 0) is 11.3 Å². The smallest absolute Gasteiger partial charge is 0.255 e. The maximum atomic E-state index is 12.4. The van der Waals surface area contributed by atoms with Gasteiger partial charge in [-0.2, -0.15) is 0 Å². The first kappa shape index (κ1) is 15.6. The minimum Gasteiger partial charge on any atom is -0.322 e. The van der Waals surface area contributed by atoms with Crippen LogP contribution in [0.15, 0.2) is 48.5 Å². The molecule has 2 nitrogen and oxygen atoms in total. The Morgan fingerprint density at radius 2 is 1.81 bits per heavy atom. The molecule has 0 unspecified atom stereocenters. The maximum absolute atomic E-state index is 12.4. The fourth-order valence-corrected chi connectivity index (χ4v) is 2.40. The Morgan fingerprint density at radius 3 is 2.48 bits per heavy atom. The van der Waals surface area contributed by atoms with E-state index in [4.69, 9.17) is 11.6 Å². The van der Waals surface area contributed by atoms with Crippen LogP contribution in [-0.4, -0.2) is 5.91 Å². The van der Waals surface area contributed by atoms with Gasteiger partial charge in [-0.05, 0) is 34.7 Å². The molecule has 0 saturated heterocycles. The average molecular weight is 302 g/mol. The molecule has 0 aliphatic heterocycles. The molecule has 0 heterocycles. The third-order valence-corrected chi connectivity index (χ3v) is 3.64. The van der Waals surface area contributed by atoms with Crippen molar-refractivity contribution >= 4 is 23.2 Å². The molecule has 3 heteroatoms. The number of hydrogen-bond donors (Lipinski definition) is 1. The third-order valence-electron chi connectivity index (χ3n) is 3.33. The number of para-hydroxylation sites is 1. The number of carbonyl (C=O) groups is 1. The first-order chi connectivity index (χ1) is 9.91. The van der Waals surface area contributed by atoms with E-state index in [2.05, 4.69) is 26.1 Å². The van der Waals surface area contributed by atoms with Gasteiger partial charge < -0.3 is 5.32 Å². The van der Waals surface area contributed by atoms with Gasteiger partial charge in [0, 0.05) is 17.1 Å². The lowest BCUT2D eigenvalue weighted by molar-refractivity contribution is 0.102. The highest BCUT2D eigenvalue weighted by Gasteiger charge is 2.18. The van der Waals surface area contributed by atoms with Crippen molar-refractivity contribution in [1.29, 1.82) is 0 Å². The van der Waals surface area contributed by atoms with Crippen LogP contribution in [0.5, 0.6) is 0 Å². The van der Waals surface area contributed by atoms with Gasteiger partial charge in [0.15, 0.2) is 0 Å². The summed E-state index contributed by atoms with van der Waals surface area (Å²) in [7, 11) is 0. The Balaban J connectivity index is 2.28. The van der Waals surface area contributed by atoms with Crippen molar-refractivity contribution in [2.24, 2.45) is 0 Å². The van der Waals surface area contributed by atoms with Crippen molar-refractivity contribution in [3.63, 3.8) is 0 Å². The lowest BCUT2D eigenvalue weighted by Gasteiger charge is -2.23. The molecule has 110 valence electrons. The normalized spacial score (nSPS) is 11.2. The van der Waals surface area contributed by atoms with Crippen LogP contribution >= 0.6 is 11.6 Å². The molecule has 0 atom stereocenters. The van der Waals surface area contributed by atoms with Crippen molar-refractivity contribution in [2.75, 3.05) is 5.32 Å². The van der Waals surface area contributed by atoms with Crippen molar-refractivity contribution in [3.8, 4) is 0 Å². The number of hydrogen-bond acceptors (Lipinski definition) is 1. The van der Waals surface area contributed by atoms with E-state index in [1.54, 1.807) is 6.07 Å². The molecule has 0 aliphatic carbocycles. The molecule has 0 bridgehead atoms. The molecule has 0 saturated carbocycles. The molecule has 2 aromatic rings. The summed E-state index contributed by atoms with van der Waals surface area (Å²) in [6, 6.07) is 15.3. The minimum absolute atomic E-state index is 0.0259. The number of benzene rings is 2. The number of alkyl halides is 1. The number of carbonyl (C=O) groups excluding carboxylic acids is 1. The zero-order chi connectivity index (χ0) is 15.5. The molecule has 0 spiro atoms. The van der Waals surface area contributed by atoms with Crippen molar-refractivity contribution in [3.05, 3.63) is 65.2 Å². The van der Waals surface area contributed by atoms with Crippen molar-refractivity contribution in [2.45, 2.75) is 32.1 Å². The SMILES string of the molecule is CC(C)(C)c1ccccc1NC(=O)c1cccc(CCl)c1. The monoisotopic (exact) mass is 301 g/mol. The van der Waals surface area contributed by atoms with Gasteiger partial charge in [-0.25, -0.2) is 0 Å². The highest BCUT2D eigenvalue weighted by Crippen LogP contribution is 2.29. The van der Waals surface area contributed by atoms with E-state index in [9.17, 15) is 4.79 Å². The largest absolute Gasteiger partial charge is 0.322 e. The van der Waals surface area contributed by atoms with Gasteiger partial charge >= 0.3 is 0 Å². The Labute approximate surface area is 131 Å². The van der Waals surface area contributed by atoms with Crippen molar-refractivity contribution < 1.29 is 4.79 Å². The number of anilines is 1. The molecule has 0 aromatic heterocycles. The van der Waals surface area contributed by atoms with Crippen LogP contribution in [0.1, 0.15) is 42.3 Å². The fraction of sp³-hybridized carbons (Fsp3) is 0.278. The minimum atomic E-state index is -0.112. The predicted octanol–water partition coefficient (Wildman–Crippen LogP) is 4.98. The summed E-state index contributed by atoms with van der Waals surface area (Å²) in [5, 5.41) is 3.00. The van der Waals surface area contributed by atoms with Gasteiger partial charge in [0.05, 0.1) is 0 Å². The van der Waals surface area contributed by atoms with Crippen LogP contribution in [0.3, 0.4) is 0 Å². The average Bonchev–Trinajstić information content (AvgIpc) is 2.46. The number of rotatable bonds is 3. The first-order valence-corrected chi connectivity index (χ1v) is 7.51. The van der Waals surface area contributed by atoms with Crippen LogP contribution in [0.4, 0.5) is 5.69 Å². The predicted molar refractivity (Wildman–Crippen MR) is 89.1 cm³/mol. The summed E-state index contributed by atoms with van der Waals surface area (Å²) >= 11 is 5.82. The zero-order valence-corrected chi connectivity index (χ0v) is 13.4. The summed E-state index contributed by atoms with van der Waals surface area (Å²) in [6.07, 6.45) is 0. The second kappa shape index (κ2) is 6.31. The highest BCUT2D eigenvalue weighted by atomic mass is 35.5. The molecule has 1 N–H and O–H groups in total. The lowest BCUT2D eigenvalue weighted by atomic mass is 9.86. The number of halogens is 1. The first-order valence-electron chi connectivity index (χ1n) is 6.97. The Morgan fingerprint density at radius 1 is 1.10 bits per heavy atom. The zero-order valence-electron chi connectivity index (χ0n) is 12.6. The maximum Gasteiger partial charge on any atom is 0.255 e. The summed E-state index contributed by atoms with van der Waals surface area (Å²) in [5.74, 6) is 0.290. The molecule has 2 aromatic carbocycles. The van der Waals surface area contributed by atoms with Gasteiger partial charge in [-0.1, -0.05) is 51.1 Å².